The summed E-state index contributed by atoms with van der Waals surface area (Å²) in [6.07, 6.45) is 2.39. The van der Waals surface area contributed by atoms with E-state index >= 15 is 0 Å². The number of primary amides is 1. The Kier molecular flexibility index (Phi) is 37.4. The second kappa shape index (κ2) is 35.3. The molecule has 0 aliphatic rings. The second-order valence-corrected chi connectivity index (χ2v) is 8.89. The highest BCUT2D eigenvalue weighted by Crippen LogP contribution is 2.12. The summed E-state index contributed by atoms with van der Waals surface area (Å²) in [4.78, 5) is 69.9. The van der Waals surface area contributed by atoms with Gasteiger partial charge in [-0.05, 0) is 43.9 Å². The largest absolute Gasteiger partial charge is 0.445 e. The minimum absolute atomic E-state index is 0.0157. The number of ketones is 1. The molecule has 0 fully saturated rings. The van der Waals surface area contributed by atoms with E-state index in [4.69, 9.17) is 10.5 Å². The van der Waals surface area contributed by atoms with Crippen LogP contribution in [0.25, 0.3) is 0 Å². The fourth-order valence-electron chi connectivity index (χ4n) is 2.98. The monoisotopic (exact) mass is 654 g/mol. The van der Waals surface area contributed by atoms with Crippen molar-refractivity contribution in [3.63, 3.8) is 0 Å². The van der Waals surface area contributed by atoms with Gasteiger partial charge in [0.05, 0.1) is 6.54 Å². The van der Waals surface area contributed by atoms with Gasteiger partial charge in [0.2, 0.25) is 17.7 Å². The summed E-state index contributed by atoms with van der Waals surface area (Å²) in [5.74, 6) is -1.26. The summed E-state index contributed by atoms with van der Waals surface area (Å²) >= 11 is 0. The number of ether oxygens (including phenoxy) is 1. The van der Waals surface area contributed by atoms with Crippen LogP contribution in [-0.2, 0) is 30.5 Å². The van der Waals surface area contributed by atoms with Gasteiger partial charge in [-0.15, -0.1) is 0 Å². The molecule has 1 unspecified atom stereocenters. The average molecular weight is 655 g/mol. The van der Waals surface area contributed by atoms with E-state index in [0.29, 0.717) is 37.1 Å². The van der Waals surface area contributed by atoms with E-state index in [1.165, 1.54) is 13.3 Å². The predicted octanol–water partition coefficient (Wildman–Crippen LogP) is 5.17. The number of anilines is 1. The number of carbonyl (C=O) groups excluding carboxylic acids is 6. The number of nitrogens with two attached hydrogens (primary N) is 1. The van der Waals surface area contributed by atoms with Crippen LogP contribution in [0.1, 0.15) is 113 Å². The zero-order chi connectivity index (χ0) is 36.3. The number of amides is 6. The van der Waals surface area contributed by atoms with Gasteiger partial charge in [0.25, 0.3) is 0 Å². The van der Waals surface area contributed by atoms with Crippen molar-refractivity contribution >= 4 is 41.3 Å². The first-order valence-corrected chi connectivity index (χ1v) is 16.4. The van der Waals surface area contributed by atoms with Crippen LogP contribution >= 0.6 is 0 Å². The molecule has 1 aromatic carbocycles. The molecule has 1 atom stereocenters. The van der Waals surface area contributed by atoms with E-state index in [2.05, 4.69) is 40.4 Å². The number of benzene rings is 1. The molecule has 13 heteroatoms. The highest BCUT2D eigenvalue weighted by atomic mass is 16.5. The van der Waals surface area contributed by atoms with Gasteiger partial charge in [0.15, 0.2) is 0 Å². The smallest absolute Gasteiger partial charge is 0.407 e. The van der Waals surface area contributed by atoms with Crippen LogP contribution in [0.5, 0.6) is 0 Å². The van der Waals surface area contributed by atoms with Crippen molar-refractivity contribution in [1.29, 1.82) is 0 Å². The lowest BCUT2D eigenvalue weighted by atomic mass is 10.1. The van der Waals surface area contributed by atoms with E-state index in [9.17, 15) is 28.8 Å². The SMILES string of the molecule is CC.CC.CC.CCC.CCC(=O)NCC(=O)NC(CCCNC(N)=O)C(=O)Nc1ccc(COC(=O)NCCCC(C)=O)cc1. The number of hydrogen-bond acceptors (Lipinski definition) is 7. The molecular formula is C33H62N6O7. The summed E-state index contributed by atoms with van der Waals surface area (Å²) in [7, 11) is 0. The minimum Gasteiger partial charge on any atom is -0.445 e. The van der Waals surface area contributed by atoms with Crippen molar-refractivity contribution in [1.82, 2.24) is 21.3 Å². The van der Waals surface area contributed by atoms with Crippen molar-refractivity contribution < 1.29 is 33.5 Å². The van der Waals surface area contributed by atoms with E-state index in [0.717, 1.165) is 0 Å². The Morgan fingerprint density at radius 2 is 1.33 bits per heavy atom. The van der Waals surface area contributed by atoms with Crippen molar-refractivity contribution in [2.24, 2.45) is 5.73 Å². The molecule has 0 aliphatic carbocycles. The first kappa shape index (κ1) is 48.7. The number of rotatable bonds is 16. The van der Waals surface area contributed by atoms with Crippen molar-refractivity contribution in [3.05, 3.63) is 29.8 Å². The van der Waals surface area contributed by atoms with Gasteiger partial charge in [-0.2, -0.15) is 0 Å². The molecule has 0 aliphatic heterocycles. The lowest BCUT2D eigenvalue weighted by Gasteiger charge is -2.19. The molecule has 0 aromatic heterocycles. The van der Waals surface area contributed by atoms with Gasteiger partial charge in [-0.25, -0.2) is 9.59 Å². The zero-order valence-corrected chi connectivity index (χ0v) is 29.9. The fraction of sp³-hybridized carbons (Fsp3) is 0.636. The Bertz CT molecular complexity index is 956. The molecule has 13 nitrogen and oxygen atoms in total. The number of Topliss-reactive ketones (excluding diaryl/α,β-unsaturated/α-hetero) is 1. The molecule has 0 saturated carbocycles. The number of urea groups is 1. The first-order chi connectivity index (χ1) is 22.0. The van der Waals surface area contributed by atoms with Crippen LogP contribution in [0.3, 0.4) is 0 Å². The van der Waals surface area contributed by atoms with Crippen LogP contribution in [0.4, 0.5) is 15.3 Å². The Balaban J connectivity index is -0.000000887. The normalized spacial score (nSPS) is 9.61. The number of alkyl carbamates (subject to hydrolysis) is 1. The van der Waals surface area contributed by atoms with Crippen molar-refractivity contribution in [2.45, 2.75) is 120 Å². The fourth-order valence-corrected chi connectivity index (χ4v) is 2.98. The molecule has 0 saturated heterocycles. The van der Waals surface area contributed by atoms with Crippen LogP contribution in [0, 0.1) is 0 Å². The molecule has 266 valence electrons. The number of nitrogens with one attached hydrogen (secondary N) is 5. The summed E-state index contributed by atoms with van der Waals surface area (Å²) in [5, 5.41) is 12.7. The molecule has 0 bridgehead atoms. The van der Waals surface area contributed by atoms with Gasteiger partial charge in [-0.3, -0.25) is 14.4 Å². The molecule has 1 aromatic rings. The van der Waals surface area contributed by atoms with Gasteiger partial charge in [0, 0.05) is 31.6 Å². The topological polar surface area (TPSA) is 198 Å². The molecule has 46 heavy (non-hydrogen) atoms. The van der Waals surface area contributed by atoms with E-state index in [1.54, 1.807) is 31.2 Å². The highest BCUT2D eigenvalue weighted by Gasteiger charge is 2.21. The molecule has 6 amide bonds. The van der Waals surface area contributed by atoms with E-state index < -0.39 is 30.0 Å². The van der Waals surface area contributed by atoms with Gasteiger partial charge < -0.3 is 41.8 Å². The summed E-state index contributed by atoms with van der Waals surface area (Å²) < 4.78 is 5.12. The second-order valence-electron chi connectivity index (χ2n) is 8.89. The Morgan fingerprint density at radius 3 is 1.83 bits per heavy atom. The van der Waals surface area contributed by atoms with Crippen molar-refractivity contribution in [2.75, 3.05) is 25.0 Å². The van der Waals surface area contributed by atoms with E-state index in [-0.39, 0.29) is 44.2 Å². The molecule has 0 heterocycles. The number of hydrogen-bond donors (Lipinski definition) is 6. The Hall–Kier alpha value is -4.16. The standard InChI is InChI=1S/C24H36N6O7.C3H8.3C2H6/c1-3-20(32)28-14-21(33)30-19(7-5-12-26-23(25)35)22(34)29-18-10-8-17(9-11-18)15-37-24(36)27-13-4-6-16(2)31;1-3-2;3*1-2/h8-11,19H,3-7,12-15H2,1-2H3,(H,27,36)(H,28,32)(H,29,34)(H,30,33)(H3,25,26,35);3H2,1-2H3;3*1-2H3. The third-order valence-electron chi connectivity index (χ3n) is 4.95. The van der Waals surface area contributed by atoms with Crippen LogP contribution < -0.4 is 32.3 Å². The van der Waals surface area contributed by atoms with E-state index in [1.807, 2.05) is 41.5 Å². The van der Waals surface area contributed by atoms with Crippen LogP contribution in [-0.4, -0.2) is 61.3 Å². The summed E-state index contributed by atoms with van der Waals surface area (Å²) in [5.41, 5.74) is 6.18. The summed E-state index contributed by atoms with van der Waals surface area (Å²) in [6.45, 7) is 19.7. The van der Waals surface area contributed by atoms with Crippen LogP contribution in [0.15, 0.2) is 24.3 Å². The average Bonchev–Trinajstić information content (AvgIpc) is 3.06. The van der Waals surface area contributed by atoms with Gasteiger partial charge in [0.1, 0.15) is 18.4 Å². The maximum absolute atomic E-state index is 12.8. The van der Waals surface area contributed by atoms with Crippen molar-refractivity contribution in [3.8, 4) is 0 Å². The first-order valence-electron chi connectivity index (χ1n) is 16.4. The molecule has 1 rings (SSSR count). The third kappa shape index (κ3) is 31.3. The third-order valence-corrected chi connectivity index (χ3v) is 4.95. The van der Waals surface area contributed by atoms with Gasteiger partial charge >= 0.3 is 12.1 Å². The molecule has 0 radical (unpaired) electrons. The summed E-state index contributed by atoms with van der Waals surface area (Å²) in [6, 6.07) is 4.97. The predicted molar refractivity (Wildman–Crippen MR) is 185 cm³/mol. The zero-order valence-electron chi connectivity index (χ0n) is 29.9. The Labute approximate surface area is 276 Å². The highest BCUT2D eigenvalue weighted by molar-refractivity contribution is 5.97. The van der Waals surface area contributed by atoms with Crippen LogP contribution in [0.2, 0.25) is 0 Å². The molecule has 0 spiro atoms. The quantitative estimate of drug-likeness (QED) is 0.132. The van der Waals surface area contributed by atoms with Gasteiger partial charge in [-0.1, -0.05) is 80.9 Å². The minimum atomic E-state index is -0.921. The molecular weight excluding hydrogens is 592 g/mol. The molecule has 7 N–H and O–H groups in total. The lowest BCUT2D eigenvalue weighted by Crippen LogP contribution is -2.47. The number of carbonyl (C=O) groups is 6. The Morgan fingerprint density at radius 1 is 0.783 bits per heavy atom. The maximum atomic E-state index is 12.8. The maximum Gasteiger partial charge on any atom is 0.407 e. The lowest BCUT2D eigenvalue weighted by molar-refractivity contribution is -0.128.